The van der Waals surface area contributed by atoms with Gasteiger partial charge < -0.3 is 18.8 Å². The fourth-order valence-electron chi connectivity index (χ4n) is 0.488. The third kappa shape index (κ3) is 6.09. The van der Waals surface area contributed by atoms with Gasteiger partial charge in [0.05, 0.1) is 6.61 Å². The number of nitrogens with zero attached hydrogens (tertiary/aromatic N) is 1. The van der Waals surface area contributed by atoms with Crippen LogP contribution in [0.1, 0.15) is 6.92 Å². The van der Waals surface area contributed by atoms with Gasteiger partial charge in [-0.1, -0.05) is 0 Å². The Kier molecular flexibility index (Phi) is 4.80. The fourth-order valence-corrected chi connectivity index (χ4v) is 1.32. The summed E-state index contributed by atoms with van der Waals surface area (Å²) in [5.74, 6) is 0. The lowest BCUT2D eigenvalue weighted by Crippen LogP contribution is -2.14. The lowest BCUT2D eigenvalue weighted by Gasteiger charge is -2.21. The molecule has 0 radical (unpaired) electrons. The quantitative estimate of drug-likeness (QED) is 0.332. The van der Waals surface area contributed by atoms with Gasteiger partial charge in [0.15, 0.2) is 0 Å². The maximum absolute atomic E-state index is 10.7. The van der Waals surface area contributed by atoms with Crippen LogP contribution >= 0.6 is 7.60 Å². The average molecular weight is 198 g/mol. The van der Waals surface area contributed by atoms with Crippen molar-refractivity contribution in [1.82, 2.24) is 0 Å². The topological polar surface area (TPSA) is 102 Å². The van der Waals surface area contributed by atoms with E-state index in [-0.39, 0.29) is 6.61 Å². The smallest absolute Gasteiger partial charge is 0.294 e. The van der Waals surface area contributed by atoms with Gasteiger partial charge in [-0.2, -0.15) is 0 Å². The first-order chi connectivity index (χ1) is 5.48. The molecule has 1 atom stereocenters. The third-order valence-corrected chi connectivity index (χ3v) is 2.27. The number of rotatable bonds is 6. The average Bonchev–Trinajstić information content (AvgIpc) is 1.85. The van der Waals surface area contributed by atoms with Crippen molar-refractivity contribution in [2.75, 3.05) is 19.4 Å². The molecule has 1 unspecified atom stereocenters. The molecule has 0 aromatic carbocycles. The zero-order valence-corrected chi connectivity index (χ0v) is 7.36. The van der Waals surface area contributed by atoms with E-state index in [1.54, 1.807) is 0 Å². The predicted octanol–water partition coefficient (Wildman–Crippen LogP) is -0.215. The molecule has 0 heterocycles. The number of hydrogen-bond donors (Lipinski definition) is 0. The van der Waals surface area contributed by atoms with Crippen LogP contribution in [-0.2, 0) is 13.9 Å². The molecule has 0 spiro atoms. The monoisotopic (exact) mass is 198 g/mol. The lowest BCUT2D eigenvalue weighted by atomic mass is 10.9. The highest BCUT2D eigenvalue weighted by molar-refractivity contribution is 7.51. The molecule has 0 aromatic heterocycles. The van der Waals surface area contributed by atoms with Crippen molar-refractivity contribution in [2.45, 2.75) is 6.92 Å². The van der Waals surface area contributed by atoms with E-state index in [1.165, 1.54) is 6.92 Å². The first-order valence-electron chi connectivity index (χ1n) is 3.20. The summed E-state index contributed by atoms with van der Waals surface area (Å²) in [5, 5.41) is 8.54. The van der Waals surface area contributed by atoms with Crippen molar-refractivity contribution in [3.8, 4) is 0 Å². The van der Waals surface area contributed by atoms with Crippen LogP contribution in [-0.4, -0.2) is 24.5 Å². The Bertz CT molecular complexity index is 194. The summed E-state index contributed by atoms with van der Waals surface area (Å²) >= 11 is 0. The zero-order valence-electron chi connectivity index (χ0n) is 6.47. The molecule has 0 fully saturated rings. The van der Waals surface area contributed by atoms with Gasteiger partial charge in [0, 0.05) is 6.16 Å². The Morgan fingerprint density at radius 3 is 2.58 bits per heavy atom. The molecule has 0 aliphatic rings. The van der Waals surface area contributed by atoms with Gasteiger partial charge in [-0.25, -0.2) is 0 Å². The van der Waals surface area contributed by atoms with E-state index in [9.17, 15) is 19.6 Å². The van der Waals surface area contributed by atoms with Gasteiger partial charge in [0.1, 0.15) is 14.2 Å². The maximum Gasteiger partial charge on any atom is 0.294 e. The van der Waals surface area contributed by atoms with Gasteiger partial charge >= 0.3 is 0 Å². The summed E-state index contributed by atoms with van der Waals surface area (Å²) in [6, 6.07) is 0. The van der Waals surface area contributed by atoms with E-state index < -0.39 is 25.5 Å². The summed E-state index contributed by atoms with van der Waals surface area (Å²) in [7, 11) is -3.93. The molecule has 7 nitrogen and oxygen atoms in total. The van der Waals surface area contributed by atoms with Crippen LogP contribution in [0.15, 0.2) is 0 Å². The SMILES string of the molecule is CCOP(=O)([O-])CCO[N+](=O)[O-]. The first kappa shape index (κ1) is 11.4. The summed E-state index contributed by atoms with van der Waals surface area (Å²) < 4.78 is 15.0. The highest BCUT2D eigenvalue weighted by atomic mass is 31.2. The molecule has 0 aromatic rings. The van der Waals surface area contributed by atoms with Crippen LogP contribution in [0, 0.1) is 10.1 Å². The van der Waals surface area contributed by atoms with Gasteiger partial charge in [-0.3, -0.25) is 0 Å². The van der Waals surface area contributed by atoms with Gasteiger partial charge in [-0.15, -0.1) is 10.1 Å². The normalized spacial score (nSPS) is 15.2. The molecule has 8 heteroatoms. The van der Waals surface area contributed by atoms with Crippen LogP contribution in [0.4, 0.5) is 0 Å². The molecule has 0 amide bonds. The standard InChI is InChI=1S/C4H10NO6P/c1-2-11-12(8,9)4-3-10-5(6)7/h2-4H2,1H3,(H,8,9)/p-1. The minimum Gasteiger partial charge on any atom is -0.778 e. The molecular formula is C4H9NO6P-. The minimum absolute atomic E-state index is 0.0270. The Labute approximate surface area is 68.9 Å². The van der Waals surface area contributed by atoms with E-state index in [4.69, 9.17) is 0 Å². The molecule has 0 rings (SSSR count). The van der Waals surface area contributed by atoms with E-state index in [0.717, 1.165) is 0 Å². The molecule has 0 aliphatic carbocycles. The van der Waals surface area contributed by atoms with Gasteiger partial charge in [0.25, 0.3) is 5.09 Å². The molecule has 72 valence electrons. The second-order valence-electron chi connectivity index (χ2n) is 1.81. The lowest BCUT2D eigenvalue weighted by molar-refractivity contribution is -0.756. The van der Waals surface area contributed by atoms with Gasteiger partial charge in [-0.05, 0) is 6.92 Å². The molecular weight excluding hydrogens is 189 g/mol. The summed E-state index contributed by atoms with van der Waals surface area (Å²) in [4.78, 5) is 24.1. The van der Waals surface area contributed by atoms with Crippen LogP contribution < -0.4 is 4.89 Å². The van der Waals surface area contributed by atoms with Crippen molar-refractivity contribution < 1.29 is 23.9 Å². The Hall–Kier alpha value is -0.650. The van der Waals surface area contributed by atoms with Crippen LogP contribution in [0.2, 0.25) is 0 Å². The van der Waals surface area contributed by atoms with Crippen molar-refractivity contribution in [2.24, 2.45) is 0 Å². The van der Waals surface area contributed by atoms with Crippen molar-refractivity contribution in [3.05, 3.63) is 10.1 Å². The molecule has 0 N–H and O–H groups in total. The molecule has 0 saturated heterocycles. The molecule has 12 heavy (non-hydrogen) atoms. The Morgan fingerprint density at radius 1 is 1.58 bits per heavy atom. The van der Waals surface area contributed by atoms with E-state index in [0.29, 0.717) is 0 Å². The van der Waals surface area contributed by atoms with E-state index in [1.807, 2.05) is 0 Å². The van der Waals surface area contributed by atoms with Crippen LogP contribution in [0.3, 0.4) is 0 Å². The van der Waals surface area contributed by atoms with Crippen molar-refractivity contribution >= 4 is 7.60 Å². The number of hydrogen-bond acceptors (Lipinski definition) is 6. The van der Waals surface area contributed by atoms with Crippen molar-refractivity contribution in [3.63, 3.8) is 0 Å². The molecule has 0 saturated carbocycles. The van der Waals surface area contributed by atoms with Crippen LogP contribution in [0.5, 0.6) is 0 Å². The maximum atomic E-state index is 10.7. The van der Waals surface area contributed by atoms with E-state index in [2.05, 4.69) is 9.36 Å². The summed E-state index contributed by atoms with van der Waals surface area (Å²) in [5.41, 5.74) is 0. The third-order valence-electron chi connectivity index (χ3n) is 0.888. The zero-order chi connectivity index (χ0) is 9.61. The second-order valence-corrected chi connectivity index (χ2v) is 3.74. The second kappa shape index (κ2) is 5.08. The fraction of sp³-hybridized carbons (Fsp3) is 1.00. The summed E-state index contributed by atoms with van der Waals surface area (Å²) in [6.45, 7) is 1.05. The van der Waals surface area contributed by atoms with E-state index >= 15 is 0 Å². The highest BCUT2D eigenvalue weighted by Gasteiger charge is 2.07. The predicted molar refractivity (Wildman–Crippen MR) is 37.0 cm³/mol. The highest BCUT2D eigenvalue weighted by Crippen LogP contribution is 2.35. The molecule has 0 bridgehead atoms. The molecule has 0 aliphatic heterocycles. The van der Waals surface area contributed by atoms with Crippen LogP contribution in [0.25, 0.3) is 0 Å². The first-order valence-corrected chi connectivity index (χ1v) is 4.92. The Balaban J connectivity index is 3.61. The van der Waals surface area contributed by atoms with Gasteiger partial charge in [0.2, 0.25) is 0 Å². The Morgan fingerprint density at radius 2 is 2.17 bits per heavy atom. The van der Waals surface area contributed by atoms with Crippen molar-refractivity contribution in [1.29, 1.82) is 0 Å². The largest absolute Gasteiger partial charge is 0.778 e. The summed E-state index contributed by atoms with van der Waals surface area (Å²) in [6.07, 6.45) is -0.484. The minimum atomic E-state index is -3.93.